The lowest BCUT2D eigenvalue weighted by Crippen LogP contribution is -2.30. The molecule has 0 rings (SSSR count). The van der Waals surface area contributed by atoms with Gasteiger partial charge in [0.05, 0.1) is 0 Å². The molecule has 0 fully saturated rings. The highest BCUT2D eigenvalue weighted by Gasteiger charge is 2.19. The zero-order valence-corrected chi connectivity index (χ0v) is 47.9. The number of hydrogen-bond donors (Lipinski definition) is 0. The third kappa shape index (κ3) is 58.0. The number of esters is 3. The largest absolute Gasteiger partial charge is 0.462 e. The van der Waals surface area contributed by atoms with Crippen molar-refractivity contribution in [3.8, 4) is 0 Å². The van der Waals surface area contributed by atoms with E-state index in [-0.39, 0.29) is 31.1 Å². The van der Waals surface area contributed by atoms with E-state index in [1.54, 1.807) is 0 Å². The molecule has 0 N–H and O–H groups in total. The van der Waals surface area contributed by atoms with Gasteiger partial charge in [-0.25, -0.2) is 0 Å². The molecule has 0 spiro atoms. The summed E-state index contributed by atoms with van der Waals surface area (Å²) in [6, 6.07) is 0. The lowest BCUT2D eigenvalue weighted by Gasteiger charge is -2.18. The molecule has 72 heavy (non-hydrogen) atoms. The second kappa shape index (κ2) is 60.7. The van der Waals surface area contributed by atoms with Gasteiger partial charge in [0.15, 0.2) is 6.10 Å². The first kappa shape index (κ1) is 69.1. The Labute approximate surface area is 447 Å². The van der Waals surface area contributed by atoms with Crippen molar-refractivity contribution in [2.24, 2.45) is 0 Å². The molecule has 1 unspecified atom stereocenters. The number of carbonyl (C=O) groups excluding carboxylic acids is 3. The van der Waals surface area contributed by atoms with Crippen molar-refractivity contribution >= 4 is 17.9 Å². The van der Waals surface area contributed by atoms with Gasteiger partial charge in [0.1, 0.15) is 13.2 Å². The van der Waals surface area contributed by atoms with E-state index >= 15 is 0 Å². The van der Waals surface area contributed by atoms with E-state index in [2.05, 4.69) is 81.5 Å². The lowest BCUT2D eigenvalue weighted by molar-refractivity contribution is -0.167. The summed E-state index contributed by atoms with van der Waals surface area (Å²) in [5.74, 6) is -0.888. The fraction of sp³-hybridized carbons (Fsp3) is 0.803. The van der Waals surface area contributed by atoms with Crippen LogP contribution in [0.3, 0.4) is 0 Å². The monoisotopic (exact) mass is 1010 g/mol. The summed E-state index contributed by atoms with van der Waals surface area (Å²) in [6.45, 7) is 6.63. The molecule has 0 radical (unpaired) electrons. The van der Waals surface area contributed by atoms with Gasteiger partial charge in [0.25, 0.3) is 0 Å². The summed E-state index contributed by atoms with van der Waals surface area (Å²) in [5.41, 5.74) is 0. The average Bonchev–Trinajstić information content (AvgIpc) is 3.38. The van der Waals surface area contributed by atoms with E-state index in [1.165, 1.54) is 193 Å². The molecule has 6 nitrogen and oxygen atoms in total. The minimum Gasteiger partial charge on any atom is -0.462 e. The van der Waals surface area contributed by atoms with Gasteiger partial charge in [-0.1, -0.05) is 255 Å². The van der Waals surface area contributed by atoms with Crippen molar-refractivity contribution in [2.45, 2.75) is 329 Å². The summed E-state index contributed by atoms with van der Waals surface area (Å²) in [5, 5.41) is 0. The summed E-state index contributed by atoms with van der Waals surface area (Å²) in [4.78, 5) is 38.2. The van der Waals surface area contributed by atoms with Crippen molar-refractivity contribution < 1.29 is 28.6 Å². The van der Waals surface area contributed by atoms with Crippen LogP contribution in [0.5, 0.6) is 0 Å². The molecule has 0 heterocycles. The lowest BCUT2D eigenvalue weighted by atomic mass is 10.1. The topological polar surface area (TPSA) is 78.9 Å². The number of allylic oxidation sites excluding steroid dienone is 10. The highest BCUT2D eigenvalue weighted by molar-refractivity contribution is 5.71. The number of unbranched alkanes of at least 4 members (excludes halogenated alkanes) is 36. The Hall–Kier alpha value is -2.89. The van der Waals surface area contributed by atoms with E-state index in [0.29, 0.717) is 19.3 Å². The first-order valence-corrected chi connectivity index (χ1v) is 31.3. The molecule has 0 saturated heterocycles. The number of ether oxygens (including phenoxy) is 3. The molecule has 0 aliphatic rings. The minimum atomic E-state index is -0.783. The normalized spacial score (nSPS) is 12.4. The van der Waals surface area contributed by atoms with Crippen molar-refractivity contribution in [1.82, 2.24) is 0 Å². The molecule has 418 valence electrons. The molecule has 0 aromatic heterocycles. The van der Waals surface area contributed by atoms with Crippen LogP contribution in [0.15, 0.2) is 60.8 Å². The Morgan fingerprint density at radius 1 is 0.278 bits per heavy atom. The van der Waals surface area contributed by atoms with Crippen LogP contribution in [-0.2, 0) is 28.6 Å². The zero-order valence-electron chi connectivity index (χ0n) is 47.9. The van der Waals surface area contributed by atoms with Gasteiger partial charge in [0.2, 0.25) is 0 Å². The Kier molecular flexibility index (Phi) is 58.2. The fourth-order valence-electron chi connectivity index (χ4n) is 8.97. The van der Waals surface area contributed by atoms with Gasteiger partial charge >= 0.3 is 17.9 Å². The van der Waals surface area contributed by atoms with E-state index in [9.17, 15) is 14.4 Å². The van der Waals surface area contributed by atoms with Crippen LogP contribution >= 0.6 is 0 Å². The SMILES string of the molecule is CCCCCC/C=C\CCCCCCCC(=O)OCC(COC(=O)CCCCCCCCCCCC/C=C\C/C=C\C/C=C\CCCCCCC)OC(=O)CCCCCCC/C=C\CCCCCCCCC. The number of carbonyl (C=O) groups is 3. The van der Waals surface area contributed by atoms with E-state index in [4.69, 9.17) is 14.2 Å². The maximum absolute atomic E-state index is 12.9. The molecule has 0 aliphatic carbocycles. The molecule has 0 aliphatic heterocycles. The summed E-state index contributed by atoms with van der Waals surface area (Å²) in [6.07, 6.45) is 76.5. The third-order valence-electron chi connectivity index (χ3n) is 13.7. The Bertz CT molecular complexity index is 1290. The van der Waals surface area contributed by atoms with Crippen LogP contribution in [0, 0.1) is 0 Å². The molecule has 1 atom stereocenters. The Balaban J connectivity index is 4.30. The molecular weight excluding hydrogens is 889 g/mol. The average molecular weight is 1010 g/mol. The molecule has 0 aromatic rings. The van der Waals surface area contributed by atoms with Gasteiger partial charge in [-0.15, -0.1) is 0 Å². The van der Waals surface area contributed by atoms with E-state index < -0.39 is 6.10 Å². The Morgan fingerprint density at radius 2 is 0.500 bits per heavy atom. The van der Waals surface area contributed by atoms with E-state index in [0.717, 1.165) is 89.9 Å². The van der Waals surface area contributed by atoms with Gasteiger partial charge < -0.3 is 14.2 Å². The van der Waals surface area contributed by atoms with Gasteiger partial charge in [-0.2, -0.15) is 0 Å². The van der Waals surface area contributed by atoms with Crippen molar-refractivity contribution in [2.75, 3.05) is 13.2 Å². The highest BCUT2D eigenvalue weighted by Crippen LogP contribution is 2.16. The third-order valence-corrected chi connectivity index (χ3v) is 13.7. The predicted octanol–water partition coefficient (Wildman–Crippen LogP) is 21.2. The van der Waals surface area contributed by atoms with Crippen LogP contribution in [0.25, 0.3) is 0 Å². The van der Waals surface area contributed by atoms with Crippen molar-refractivity contribution in [1.29, 1.82) is 0 Å². The maximum atomic E-state index is 12.9. The quantitative estimate of drug-likeness (QED) is 0.0261. The summed E-state index contributed by atoms with van der Waals surface area (Å²) >= 11 is 0. The fourth-order valence-corrected chi connectivity index (χ4v) is 8.97. The Morgan fingerprint density at radius 3 is 0.806 bits per heavy atom. The van der Waals surface area contributed by atoms with Crippen LogP contribution in [-0.4, -0.2) is 37.2 Å². The number of rotatable bonds is 57. The van der Waals surface area contributed by atoms with Crippen molar-refractivity contribution in [3.63, 3.8) is 0 Å². The van der Waals surface area contributed by atoms with Gasteiger partial charge in [-0.3, -0.25) is 14.4 Å². The van der Waals surface area contributed by atoms with Crippen LogP contribution in [0.2, 0.25) is 0 Å². The molecule has 0 bridgehead atoms. The standard InChI is InChI=1S/C66H118O6/c1-4-7-10-13-16-19-22-25-27-29-30-31-32-33-34-35-36-37-39-41-44-47-50-53-56-59-65(68)71-62-63(61-70-64(67)58-55-52-49-46-43-40-24-21-18-15-12-9-6-3)72-66(69)60-57-54-51-48-45-42-38-28-26-23-20-17-14-11-8-5-2/h21-22,24-25,28-30,32-33,38,63H,4-20,23,26-27,31,34-37,39-62H2,1-3H3/b24-21-,25-22-,30-29-,33-32-,38-28-. The second-order valence-corrected chi connectivity index (χ2v) is 21.0. The second-order valence-electron chi connectivity index (χ2n) is 21.0. The summed E-state index contributed by atoms with van der Waals surface area (Å²) in [7, 11) is 0. The first-order chi connectivity index (χ1) is 35.5. The maximum Gasteiger partial charge on any atom is 0.306 e. The summed E-state index contributed by atoms with van der Waals surface area (Å²) < 4.78 is 16.9. The first-order valence-electron chi connectivity index (χ1n) is 31.3. The number of hydrogen-bond acceptors (Lipinski definition) is 6. The zero-order chi connectivity index (χ0) is 52.2. The molecule has 6 heteroatoms. The minimum absolute atomic E-state index is 0.0808. The predicted molar refractivity (Wildman–Crippen MR) is 312 cm³/mol. The van der Waals surface area contributed by atoms with Crippen LogP contribution < -0.4 is 0 Å². The molecular formula is C66H118O6. The van der Waals surface area contributed by atoms with Gasteiger partial charge in [0, 0.05) is 19.3 Å². The molecule has 0 amide bonds. The van der Waals surface area contributed by atoms with Crippen molar-refractivity contribution in [3.05, 3.63) is 60.8 Å². The van der Waals surface area contributed by atoms with E-state index in [1.807, 2.05) is 0 Å². The molecule has 0 saturated carbocycles. The molecule has 0 aromatic carbocycles. The van der Waals surface area contributed by atoms with Crippen LogP contribution in [0.4, 0.5) is 0 Å². The van der Waals surface area contributed by atoms with Gasteiger partial charge in [-0.05, 0) is 109 Å². The highest BCUT2D eigenvalue weighted by atomic mass is 16.6. The van der Waals surface area contributed by atoms with Crippen LogP contribution in [0.1, 0.15) is 323 Å². The smallest absolute Gasteiger partial charge is 0.306 e.